The van der Waals surface area contributed by atoms with Crippen LogP contribution in [-0.4, -0.2) is 48.4 Å². The number of benzene rings is 2. The first kappa shape index (κ1) is 30.0. The number of phenols is 1. The van der Waals surface area contributed by atoms with Crippen LogP contribution in [0.2, 0.25) is 18.1 Å². The van der Waals surface area contributed by atoms with Crippen LogP contribution in [0, 0.1) is 0 Å². The molecule has 0 unspecified atom stereocenters. The molecule has 1 N–H and O–H groups in total. The molecule has 2 aromatic rings. The maximum Gasteiger partial charge on any atom is 0.413 e. The second-order valence-electron chi connectivity index (χ2n) is 13.0. The summed E-state index contributed by atoms with van der Waals surface area (Å²) in [5.74, 6) is 0.403. The molecule has 1 heterocycles. The smallest absolute Gasteiger partial charge is 0.413 e. The average Bonchev–Trinajstić information content (AvgIpc) is 3.10. The van der Waals surface area contributed by atoms with Crippen molar-refractivity contribution in [1.29, 1.82) is 0 Å². The van der Waals surface area contributed by atoms with Crippen molar-refractivity contribution in [3.63, 3.8) is 0 Å². The zero-order valence-electron chi connectivity index (χ0n) is 24.6. The van der Waals surface area contributed by atoms with E-state index in [1.54, 1.807) is 17.0 Å². The highest BCUT2D eigenvalue weighted by molar-refractivity contribution is 6.74. The Hall–Kier alpha value is -2.55. The number of nitrogens with zero attached hydrogens (tertiary/aromatic N) is 1. The molecule has 8 heteroatoms. The summed E-state index contributed by atoms with van der Waals surface area (Å²) in [7, 11) is -2.31. The summed E-state index contributed by atoms with van der Waals surface area (Å²) in [4.78, 5) is 15.1. The number of phenolic OH excluding ortho intramolecular Hbond substituents is 1. The Morgan fingerprint density at radius 2 is 1.74 bits per heavy atom. The van der Waals surface area contributed by atoms with E-state index in [4.69, 9.17) is 18.6 Å². The monoisotopic (exact) mass is 543 g/mol. The summed E-state index contributed by atoms with van der Waals surface area (Å²) in [6, 6.07) is 14.7. The van der Waals surface area contributed by atoms with Crippen LogP contribution >= 0.6 is 0 Å². The van der Waals surface area contributed by atoms with Crippen molar-refractivity contribution in [2.75, 3.05) is 6.61 Å². The summed E-state index contributed by atoms with van der Waals surface area (Å²) in [6.45, 7) is 20.8. The van der Waals surface area contributed by atoms with Gasteiger partial charge >= 0.3 is 6.09 Å². The molecule has 0 bridgehead atoms. The minimum Gasteiger partial charge on any atom is -0.504 e. The summed E-state index contributed by atoms with van der Waals surface area (Å²) < 4.78 is 24.8. The SMILES string of the molecule is CC(C)(C)OC(=O)N1[C@@H]([C@@H](O[Si](C)(C)C(C)(C)C)c2ccc(OCc3ccccc3)c(O)c2)COC1(C)C. The maximum absolute atomic E-state index is 13.4. The van der Waals surface area contributed by atoms with Crippen molar-refractivity contribution < 1.29 is 28.5 Å². The van der Waals surface area contributed by atoms with Gasteiger partial charge in [-0.2, -0.15) is 0 Å². The molecule has 2 atom stereocenters. The summed E-state index contributed by atoms with van der Waals surface area (Å²) in [6.07, 6.45) is -1.000. The van der Waals surface area contributed by atoms with Gasteiger partial charge in [-0.15, -0.1) is 0 Å². The minimum absolute atomic E-state index is 0.0178. The van der Waals surface area contributed by atoms with Gasteiger partial charge in [0, 0.05) is 0 Å². The number of aromatic hydroxyl groups is 1. The summed E-state index contributed by atoms with van der Waals surface area (Å²) in [5, 5.41) is 10.9. The molecule has 0 radical (unpaired) electrons. The Labute approximate surface area is 229 Å². The van der Waals surface area contributed by atoms with Crippen LogP contribution in [0.3, 0.4) is 0 Å². The molecule has 1 saturated heterocycles. The van der Waals surface area contributed by atoms with Crippen molar-refractivity contribution in [3.05, 3.63) is 59.7 Å². The molecule has 1 amide bonds. The summed E-state index contributed by atoms with van der Waals surface area (Å²) >= 11 is 0. The van der Waals surface area contributed by atoms with Crippen molar-refractivity contribution in [2.24, 2.45) is 0 Å². The van der Waals surface area contributed by atoms with Crippen LogP contribution in [0.5, 0.6) is 11.5 Å². The lowest BCUT2D eigenvalue weighted by Crippen LogP contribution is -2.53. The van der Waals surface area contributed by atoms with Crippen LogP contribution in [-0.2, 0) is 20.5 Å². The van der Waals surface area contributed by atoms with E-state index in [2.05, 4.69) is 33.9 Å². The van der Waals surface area contributed by atoms with Gasteiger partial charge in [0.25, 0.3) is 0 Å². The van der Waals surface area contributed by atoms with Crippen molar-refractivity contribution in [2.45, 2.75) is 104 Å². The Bertz CT molecular complexity index is 1100. The molecule has 210 valence electrons. The van der Waals surface area contributed by atoms with Crippen LogP contribution in [0.15, 0.2) is 48.5 Å². The van der Waals surface area contributed by atoms with Gasteiger partial charge in [0.2, 0.25) is 0 Å². The average molecular weight is 544 g/mol. The third-order valence-corrected chi connectivity index (χ3v) is 11.7. The zero-order chi connectivity index (χ0) is 28.5. The van der Waals surface area contributed by atoms with E-state index in [9.17, 15) is 9.90 Å². The Balaban J connectivity index is 1.98. The first-order valence-electron chi connectivity index (χ1n) is 13.2. The number of carbonyl (C=O) groups excluding carboxylic acids is 1. The first-order valence-corrected chi connectivity index (χ1v) is 16.2. The van der Waals surface area contributed by atoms with Gasteiger partial charge in [-0.05, 0) is 76.0 Å². The van der Waals surface area contributed by atoms with Gasteiger partial charge in [-0.1, -0.05) is 57.2 Å². The molecule has 7 nitrogen and oxygen atoms in total. The minimum atomic E-state index is -2.31. The van der Waals surface area contributed by atoms with E-state index in [0.29, 0.717) is 12.4 Å². The van der Waals surface area contributed by atoms with Crippen LogP contribution in [0.4, 0.5) is 4.79 Å². The Morgan fingerprint density at radius 1 is 1.11 bits per heavy atom. The maximum atomic E-state index is 13.4. The highest BCUT2D eigenvalue weighted by Gasteiger charge is 2.51. The predicted octanol–water partition coefficient (Wildman–Crippen LogP) is 7.41. The second-order valence-corrected chi connectivity index (χ2v) is 17.7. The van der Waals surface area contributed by atoms with Crippen molar-refractivity contribution >= 4 is 14.4 Å². The van der Waals surface area contributed by atoms with Gasteiger partial charge in [0.05, 0.1) is 18.8 Å². The molecular formula is C30H45NO6Si. The molecule has 1 aliphatic heterocycles. The van der Waals surface area contributed by atoms with E-state index in [1.165, 1.54) is 0 Å². The molecule has 0 spiro atoms. The number of amides is 1. The standard InChI is InChI=1S/C30H45NO6Si/c1-28(2,3)36-27(33)31-23(20-35-30(31,7)8)26(37-38(9,10)29(4,5)6)22-16-17-25(24(32)18-22)34-19-21-14-12-11-13-15-21/h11-18,23,26,32H,19-20H2,1-10H3/t23-,26+/m1/s1. The van der Waals surface area contributed by atoms with Crippen molar-refractivity contribution in [1.82, 2.24) is 4.90 Å². The van der Waals surface area contributed by atoms with E-state index in [-0.39, 0.29) is 17.4 Å². The third-order valence-electron chi connectivity index (χ3n) is 7.24. The topological polar surface area (TPSA) is 77.5 Å². The lowest BCUT2D eigenvalue weighted by atomic mass is 10.0. The molecule has 3 rings (SSSR count). The second kappa shape index (κ2) is 10.9. The number of hydrogen-bond acceptors (Lipinski definition) is 6. The fraction of sp³-hybridized carbons (Fsp3) is 0.567. The van der Waals surface area contributed by atoms with E-state index >= 15 is 0 Å². The molecular weight excluding hydrogens is 498 g/mol. The van der Waals surface area contributed by atoms with Gasteiger partial charge in [0.15, 0.2) is 19.8 Å². The highest BCUT2D eigenvalue weighted by Crippen LogP contribution is 2.45. The quantitative estimate of drug-likeness (QED) is 0.367. The number of ether oxygens (including phenoxy) is 3. The van der Waals surface area contributed by atoms with Crippen LogP contribution < -0.4 is 4.74 Å². The molecule has 0 aromatic heterocycles. The third kappa shape index (κ3) is 7.10. The molecule has 2 aromatic carbocycles. The van der Waals surface area contributed by atoms with Gasteiger partial charge < -0.3 is 23.7 Å². The number of rotatable bonds is 7. The largest absolute Gasteiger partial charge is 0.504 e. The fourth-order valence-electron chi connectivity index (χ4n) is 4.15. The molecule has 0 saturated carbocycles. The number of hydrogen-bond donors (Lipinski definition) is 1. The lowest BCUT2D eigenvalue weighted by Gasteiger charge is -2.43. The molecule has 0 aliphatic carbocycles. The van der Waals surface area contributed by atoms with Crippen LogP contribution in [0.25, 0.3) is 0 Å². The Morgan fingerprint density at radius 3 is 2.29 bits per heavy atom. The van der Waals surface area contributed by atoms with E-state index < -0.39 is 37.9 Å². The highest BCUT2D eigenvalue weighted by atomic mass is 28.4. The fourth-order valence-corrected chi connectivity index (χ4v) is 5.44. The first-order chi connectivity index (χ1) is 17.4. The predicted molar refractivity (Wildman–Crippen MR) is 152 cm³/mol. The molecule has 38 heavy (non-hydrogen) atoms. The lowest BCUT2D eigenvalue weighted by molar-refractivity contribution is -0.0673. The molecule has 1 aliphatic rings. The van der Waals surface area contributed by atoms with Gasteiger partial charge in [-0.25, -0.2) is 4.79 Å². The Kier molecular flexibility index (Phi) is 8.61. The molecule has 1 fully saturated rings. The number of carbonyl (C=O) groups is 1. The van der Waals surface area contributed by atoms with Crippen molar-refractivity contribution in [3.8, 4) is 11.5 Å². The van der Waals surface area contributed by atoms with Crippen LogP contribution in [0.1, 0.15) is 72.6 Å². The van der Waals surface area contributed by atoms with E-state index in [1.807, 2.05) is 71.0 Å². The zero-order valence-corrected chi connectivity index (χ0v) is 25.6. The normalized spacial score (nSPS) is 18.8. The van der Waals surface area contributed by atoms with Gasteiger partial charge in [0.1, 0.15) is 17.9 Å². The van der Waals surface area contributed by atoms with E-state index in [0.717, 1.165) is 11.1 Å². The van der Waals surface area contributed by atoms with Gasteiger partial charge in [-0.3, -0.25) is 4.90 Å². The summed E-state index contributed by atoms with van der Waals surface area (Å²) in [5.41, 5.74) is 0.210.